The number of nitrogens with one attached hydrogen (secondary N) is 1. The molecule has 0 bridgehead atoms. The quantitative estimate of drug-likeness (QED) is 0.881. The number of hydrogen-bond acceptors (Lipinski definition) is 4. The maximum Gasteiger partial charge on any atom is 0.146 e. The van der Waals surface area contributed by atoms with Gasteiger partial charge >= 0.3 is 0 Å². The van der Waals surface area contributed by atoms with Crippen molar-refractivity contribution in [3.8, 4) is 0 Å². The van der Waals surface area contributed by atoms with Crippen molar-refractivity contribution in [2.75, 3.05) is 6.61 Å². The monoisotopic (exact) mass is 250 g/mol. The van der Waals surface area contributed by atoms with Gasteiger partial charge in [-0.15, -0.1) is 10.2 Å². The van der Waals surface area contributed by atoms with Crippen LogP contribution in [-0.2, 0) is 18.3 Å². The van der Waals surface area contributed by atoms with E-state index < -0.39 is 0 Å². The van der Waals surface area contributed by atoms with E-state index in [1.807, 2.05) is 11.6 Å². The maximum absolute atomic E-state index is 6.04. The molecular formula is C13H22N4O. The lowest BCUT2D eigenvalue weighted by atomic mass is 9.89. The number of rotatable bonds is 3. The van der Waals surface area contributed by atoms with Crippen molar-refractivity contribution in [3.05, 3.63) is 12.2 Å². The Hall–Kier alpha value is -0.940. The van der Waals surface area contributed by atoms with Crippen LogP contribution in [0.15, 0.2) is 6.33 Å². The topological polar surface area (TPSA) is 52.0 Å². The molecule has 0 amide bonds. The Morgan fingerprint density at radius 2 is 2.33 bits per heavy atom. The van der Waals surface area contributed by atoms with Crippen molar-refractivity contribution in [2.45, 2.75) is 56.7 Å². The summed E-state index contributed by atoms with van der Waals surface area (Å²) in [6.07, 6.45) is 9.17. The van der Waals surface area contributed by atoms with E-state index >= 15 is 0 Å². The van der Waals surface area contributed by atoms with Crippen LogP contribution in [0, 0.1) is 0 Å². The van der Waals surface area contributed by atoms with E-state index in [1.165, 1.54) is 25.7 Å². The molecule has 5 heteroatoms. The van der Waals surface area contributed by atoms with Gasteiger partial charge in [-0.2, -0.15) is 0 Å². The van der Waals surface area contributed by atoms with Gasteiger partial charge < -0.3 is 14.6 Å². The molecule has 2 heterocycles. The zero-order valence-electron chi connectivity index (χ0n) is 11.1. The molecule has 1 N–H and O–H groups in total. The van der Waals surface area contributed by atoms with Gasteiger partial charge in [-0.1, -0.05) is 12.8 Å². The van der Waals surface area contributed by atoms with Crippen LogP contribution in [0.25, 0.3) is 0 Å². The van der Waals surface area contributed by atoms with E-state index in [9.17, 15) is 0 Å². The summed E-state index contributed by atoms with van der Waals surface area (Å²) in [6, 6.07) is 0.563. The van der Waals surface area contributed by atoms with Crippen molar-refractivity contribution < 1.29 is 4.74 Å². The Kier molecular flexibility index (Phi) is 3.35. The van der Waals surface area contributed by atoms with Gasteiger partial charge in [-0.05, 0) is 25.7 Å². The second-order valence-corrected chi connectivity index (χ2v) is 5.67. The first-order valence-electron chi connectivity index (χ1n) is 6.98. The van der Waals surface area contributed by atoms with Gasteiger partial charge in [0.25, 0.3) is 0 Å². The van der Waals surface area contributed by atoms with E-state index in [2.05, 4.69) is 15.5 Å². The predicted octanol–water partition coefficient (Wildman–Crippen LogP) is 1.40. The molecule has 1 spiro atoms. The summed E-state index contributed by atoms with van der Waals surface area (Å²) in [7, 11) is 1.99. The van der Waals surface area contributed by atoms with Gasteiger partial charge in [0.05, 0.1) is 12.1 Å². The predicted molar refractivity (Wildman–Crippen MR) is 68.0 cm³/mol. The van der Waals surface area contributed by atoms with Gasteiger partial charge in [0.15, 0.2) is 0 Å². The lowest BCUT2D eigenvalue weighted by Gasteiger charge is -2.38. The number of aromatic nitrogens is 3. The number of hydrogen-bond donors (Lipinski definition) is 1. The van der Waals surface area contributed by atoms with Crippen LogP contribution in [-0.4, -0.2) is 33.0 Å². The molecule has 1 saturated heterocycles. The number of nitrogens with zero attached hydrogens (tertiary/aromatic N) is 3. The molecule has 0 radical (unpaired) electrons. The summed E-state index contributed by atoms with van der Waals surface area (Å²) in [5.74, 6) is 1.00. The van der Waals surface area contributed by atoms with Crippen LogP contribution in [0.2, 0.25) is 0 Å². The minimum Gasteiger partial charge on any atom is -0.375 e. The zero-order chi connectivity index (χ0) is 12.4. The molecule has 1 aliphatic heterocycles. The molecule has 100 valence electrons. The Morgan fingerprint density at radius 3 is 3.06 bits per heavy atom. The van der Waals surface area contributed by atoms with Gasteiger partial charge in [0.1, 0.15) is 12.2 Å². The number of ether oxygens (including phenoxy) is 1. The summed E-state index contributed by atoms with van der Waals surface area (Å²) in [5.41, 5.74) is 0.190. The molecule has 5 nitrogen and oxygen atoms in total. The van der Waals surface area contributed by atoms with Gasteiger partial charge in [0.2, 0.25) is 0 Å². The van der Waals surface area contributed by atoms with Gasteiger partial charge in [0, 0.05) is 19.7 Å². The maximum atomic E-state index is 6.04. The fourth-order valence-electron chi connectivity index (χ4n) is 3.27. The Balaban J connectivity index is 1.55. The molecule has 1 saturated carbocycles. The Bertz CT molecular complexity index is 397. The second-order valence-electron chi connectivity index (χ2n) is 5.67. The molecule has 1 aromatic heterocycles. The summed E-state index contributed by atoms with van der Waals surface area (Å²) >= 11 is 0. The van der Waals surface area contributed by atoms with Crippen LogP contribution in [0.3, 0.4) is 0 Å². The first-order chi connectivity index (χ1) is 8.77. The first kappa shape index (κ1) is 12.1. The third-order valence-corrected chi connectivity index (χ3v) is 4.36. The highest BCUT2D eigenvalue weighted by Gasteiger charge is 2.39. The molecular weight excluding hydrogens is 228 g/mol. The molecule has 1 aliphatic carbocycles. The van der Waals surface area contributed by atoms with Crippen LogP contribution >= 0.6 is 0 Å². The SMILES string of the molecule is Cn1cnnc1CNC1CCOC2(CCCC2)C1. The largest absolute Gasteiger partial charge is 0.375 e. The average molecular weight is 250 g/mol. The summed E-state index contributed by atoms with van der Waals surface area (Å²) in [5, 5.41) is 11.6. The molecule has 3 rings (SSSR count). The van der Waals surface area contributed by atoms with E-state index in [0.29, 0.717) is 6.04 Å². The molecule has 1 unspecified atom stereocenters. The van der Waals surface area contributed by atoms with E-state index in [4.69, 9.17) is 4.74 Å². The zero-order valence-corrected chi connectivity index (χ0v) is 11.1. The smallest absolute Gasteiger partial charge is 0.146 e. The molecule has 1 aromatic rings. The molecule has 2 aliphatic rings. The van der Waals surface area contributed by atoms with E-state index in [1.54, 1.807) is 6.33 Å². The minimum absolute atomic E-state index is 0.190. The molecule has 2 fully saturated rings. The van der Waals surface area contributed by atoms with E-state index in [-0.39, 0.29) is 5.60 Å². The van der Waals surface area contributed by atoms with Crippen molar-refractivity contribution in [2.24, 2.45) is 7.05 Å². The highest BCUT2D eigenvalue weighted by Crippen LogP contribution is 2.39. The van der Waals surface area contributed by atoms with Crippen molar-refractivity contribution in [1.29, 1.82) is 0 Å². The third kappa shape index (κ3) is 2.42. The summed E-state index contributed by atoms with van der Waals surface area (Å²) < 4.78 is 8.01. The molecule has 0 aromatic carbocycles. The van der Waals surface area contributed by atoms with Crippen LogP contribution in [0.1, 0.15) is 44.3 Å². The van der Waals surface area contributed by atoms with Crippen molar-refractivity contribution >= 4 is 0 Å². The molecule has 1 atom stereocenters. The number of aryl methyl sites for hydroxylation is 1. The second kappa shape index (κ2) is 4.97. The van der Waals surface area contributed by atoms with Crippen molar-refractivity contribution in [1.82, 2.24) is 20.1 Å². The van der Waals surface area contributed by atoms with Crippen molar-refractivity contribution in [3.63, 3.8) is 0 Å². The summed E-state index contributed by atoms with van der Waals surface area (Å²) in [4.78, 5) is 0. The third-order valence-electron chi connectivity index (χ3n) is 4.36. The highest BCUT2D eigenvalue weighted by molar-refractivity contribution is 4.94. The average Bonchev–Trinajstić information content (AvgIpc) is 2.97. The summed E-state index contributed by atoms with van der Waals surface area (Å²) in [6.45, 7) is 1.70. The van der Waals surface area contributed by atoms with Gasteiger partial charge in [-0.25, -0.2) is 0 Å². The van der Waals surface area contributed by atoms with Gasteiger partial charge in [-0.3, -0.25) is 0 Å². The Morgan fingerprint density at radius 1 is 1.50 bits per heavy atom. The van der Waals surface area contributed by atoms with Crippen LogP contribution in [0.5, 0.6) is 0 Å². The lowest BCUT2D eigenvalue weighted by molar-refractivity contribution is -0.0838. The Labute approximate surface area is 108 Å². The lowest BCUT2D eigenvalue weighted by Crippen LogP contribution is -2.45. The standard InChI is InChI=1S/C13H22N4O/c1-17-10-15-16-12(17)9-14-11-4-7-18-13(8-11)5-2-3-6-13/h10-11,14H,2-9H2,1H3. The van der Waals surface area contributed by atoms with Crippen LogP contribution in [0.4, 0.5) is 0 Å². The van der Waals surface area contributed by atoms with E-state index in [0.717, 1.165) is 31.8 Å². The minimum atomic E-state index is 0.190. The fraction of sp³-hybridized carbons (Fsp3) is 0.846. The van der Waals surface area contributed by atoms with Crippen LogP contribution < -0.4 is 5.32 Å². The molecule has 18 heavy (non-hydrogen) atoms. The normalized spacial score (nSPS) is 26.8. The highest BCUT2D eigenvalue weighted by atomic mass is 16.5. The fourth-order valence-corrected chi connectivity index (χ4v) is 3.27. The first-order valence-corrected chi connectivity index (χ1v) is 6.98.